The first-order valence-electron chi connectivity index (χ1n) is 4.33. The third kappa shape index (κ3) is 2.86. The molecule has 0 aliphatic carbocycles. The molecule has 0 amide bonds. The smallest absolute Gasteiger partial charge is 0.258 e. The summed E-state index contributed by atoms with van der Waals surface area (Å²) in [5.41, 5.74) is 1.21. The van der Waals surface area contributed by atoms with Gasteiger partial charge >= 0.3 is 1.43 Å². The predicted octanol–water partition coefficient (Wildman–Crippen LogP) is 2.91. The molecule has 0 heterocycles. The summed E-state index contributed by atoms with van der Waals surface area (Å²) in [5, 5.41) is 10.4. The first kappa shape index (κ1) is 9.71. The highest BCUT2D eigenvalue weighted by Crippen LogP contribution is 2.15. The summed E-state index contributed by atoms with van der Waals surface area (Å²) in [6, 6.07) is 6.81. The summed E-state index contributed by atoms with van der Waals surface area (Å²) in [5.74, 6) is 0.530. The topological polar surface area (TPSA) is 43.1 Å². The molecule has 0 aliphatic heterocycles. The Morgan fingerprint density at radius 3 is 2.77 bits per heavy atom. The Hall–Kier alpha value is -1.38. The molecule has 0 atom stereocenters. The minimum atomic E-state index is -0.357. The number of nitro groups is 1. The fraction of sp³-hybridized carbons (Fsp3) is 0.400. The van der Waals surface area contributed by atoms with Gasteiger partial charge in [0, 0.05) is 12.1 Å². The van der Waals surface area contributed by atoms with E-state index in [9.17, 15) is 10.1 Å². The average molecular weight is 180 g/mol. The maximum atomic E-state index is 10.4. The van der Waals surface area contributed by atoms with E-state index in [0.717, 1.165) is 12.0 Å². The summed E-state index contributed by atoms with van der Waals surface area (Å²) in [7, 11) is 0. The zero-order chi connectivity index (χ0) is 9.84. The van der Waals surface area contributed by atoms with Crippen molar-refractivity contribution in [1.29, 1.82) is 0 Å². The Bertz CT molecular complexity index is 313. The van der Waals surface area contributed by atoms with Crippen LogP contribution in [0, 0.1) is 16.0 Å². The second-order valence-corrected chi connectivity index (χ2v) is 3.52. The molecule has 1 aromatic carbocycles. The van der Waals surface area contributed by atoms with Crippen LogP contribution in [0.4, 0.5) is 5.69 Å². The van der Waals surface area contributed by atoms with Crippen molar-refractivity contribution in [2.75, 3.05) is 0 Å². The molecule has 3 nitrogen and oxygen atoms in total. The van der Waals surface area contributed by atoms with E-state index in [2.05, 4.69) is 13.8 Å². The molecule has 0 aromatic heterocycles. The van der Waals surface area contributed by atoms with Gasteiger partial charge in [-0.25, -0.2) is 0 Å². The van der Waals surface area contributed by atoms with Gasteiger partial charge in [0.25, 0.3) is 5.69 Å². The fourth-order valence-corrected chi connectivity index (χ4v) is 1.27. The number of hydrogen-bond donors (Lipinski definition) is 0. The van der Waals surface area contributed by atoms with Crippen molar-refractivity contribution in [3.05, 3.63) is 39.9 Å². The molecule has 0 fully saturated rings. The van der Waals surface area contributed by atoms with Gasteiger partial charge in [-0.2, -0.15) is 0 Å². The van der Waals surface area contributed by atoms with Crippen molar-refractivity contribution < 1.29 is 6.35 Å². The molecule has 0 saturated carbocycles. The van der Waals surface area contributed by atoms with Crippen LogP contribution in [0.5, 0.6) is 0 Å². The zero-order valence-corrected chi connectivity index (χ0v) is 7.86. The average Bonchev–Trinajstić information content (AvgIpc) is 2.03. The van der Waals surface area contributed by atoms with Crippen molar-refractivity contribution in [2.24, 2.45) is 5.92 Å². The van der Waals surface area contributed by atoms with E-state index in [4.69, 9.17) is 0 Å². The van der Waals surface area contributed by atoms with Crippen molar-refractivity contribution >= 4 is 5.69 Å². The number of non-ortho nitro benzene ring substituents is 1. The maximum Gasteiger partial charge on any atom is 1.00 e. The molecular formula is C10H14NO2+. The first-order chi connectivity index (χ1) is 6.09. The molecule has 0 N–H and O–H groups in total. The Balaban J connectivity index is 0.00000169. The second kappa shape index (κ2) is 4.03. The fourth-order valence-electron chi connectivity index (χ4n) is 1.27. The zero-order valence-electron chi connectivity index (χ0n) is 8.86. The van der Waals surface area contributed by atoms with Gasteiger partial charge in [0.05, 0.1) is 4.92 Å². The summed E-state index contributed by atoms with van der Waals surface area (Å²) < 4.78 is 0. The lowest BCUT2D eigenvalue weighted by Crippen LogP contribution is -1.95. The van der Waals surface area contributed by atoms with Crippen LogP contribution in [-0.4, -0.2) is 4.92 Å². The van der Waals surface area contributed by atoms with Crippen molar-refractivity contribution in [3.8, 4) is 0 Å². The van der Waals surface area contributed by atoms with Crippen LogP contribution in [-0.2, 0) is 6.42 Å². The highest BCUT2D eigenvalue weighted by atomic mass is 16.6. The quantitative estimate of drug-likeness (QED) is 0.530. The minimum absolute atomic E-state index is 0. The van der Waals surface area contributed by atoms with E-state index in [0.29, 0.717) is 5.92 Å². The summed E-state index contributed by atoms with van der Waals surface area (Å²) >= 11 is 0. The summed E-state index contributed by atoms with van der Waals surface area (Å²) in [6.07, 6.45) is 0.891. The Kier molecular flexibility index (Phi) is 3.01. The predicted molar refractivity (Wildman–Crippen MR) is 52.8 cm³/mol. The molecule has 13 heavy (non-hydrogen) atoms. The van der Waals surface area contributed by atoms with Crippen LogP contribution >= 0.6 is 0 Å². The van der Waals surface area contributed by atoms with E-state index in [1.165, 1.54) is 6.07 Å². The van der Waals surface area contributed by atoms with Crippen LogP contribution < -0.4 is 0 Å². The van der Waals surface area contributed by atoms with Gasteiger partial charge in [0.15, 0.2) is 0 Å². The molecule has 0 spiro atoms. The van der Waals surface area contributed by atoms with Gasteiger partial charge in [0.1, 0.15) is 0 Å². The normalized spacial score (nSPS) is 10.4. The van der Waals surface area contributed by atoms with Crippen molar-refractivity contribution in [2.45, 2.75) is 20.3 Å². The number of hydrogen-bond acceptors (Lipinski definition) is 2. The number of rotatable bonds is 3. The molecular weight excluding hydrogens is 166 g/mol. The SMILES string of the molecule is CC(C)Cc1cccc([N+](=O)[O-])c1.[H+]. The van der Waals surface area contributed by atoms with Gasteiger partial charge < -0.3 is 0 Å². The highest BCUT2D eigenvalue weighted by Gasteiger charge is 2.05. The van der Waals surface area contributed by atoms with Crippen LogP contribution in [0.15, 0.2) is 24.3 Å². The van der Waals surface area contributed by atoms with Gasteiger partial charge in [-0.05, 0) is 17.9 Å². The van der Waals surface area contributed by atoms with Crippen LogP contribution in [0.1, 0.15) is 20.8 Å². The van der Waals surface area contributed by atoms with Gasteiger partial charge in [-0.1, -0.05) is 26.0 Å². The first-order valence-corrected chi connectivity index (χ1v) is 4.33. The minimum Gasteiger partial charge on any atom is -0.258 e. The maximum absolute atomic E-state index is 10.4. The highest BCUT2D eigenvalue weighted by molar-refractivity contribution is 5.34. The van der Waals surface area contributed by atoms with Crippen molar-refractivity contribution in [3.63, 3.8) is 0 Å². The lowest BCUT2D eigenvalue weighted by molar-refractivity contribution is -0.384. The third-order valence-corrected chi connectivity index (χ3v) is 1.77. The number of benzene rings is 1. The molecule has 1 aromatic rings. The van der Waals surface area contributed by atoms with Gasteiger partial charge in [-0.3, -0.25) is 10.1 Å². The van der Waals surface area contributed by atoms with E-state index in [-0.39, 0.29) is 12.0 Å². The Labute approximate surface area is 79.0 Å². The van der Waals surface area contributed by atoms with Crippen LogP contribution in [0.25, 0.3) is 0 Å². The summed E-state index contributed by atoms with van der Waals surface area (Å²) in [4.78, 5) is 10.1. The molecule has 0 radical (unpaired) electrons. The lowest BCUT2D eigenvalue weighted by atomic mass is 10.0. The second-order valence-electron chi connectivity index (χ2n) is 3.52. The molecule has 0 bridgehead atoms. The lowest BCUT2D eigenvalue weighted by Gasteiger charge is -2.03. The monoisotopic (exact) mass is 180 g/mol. The molecule has 3 heteroatoms. The van der Waals surface area contributed by atoms with Gasteiger partial charge in [-0.15, -0.1) is 0 Å². The molecule has 0 unspecified atom stereocenters. The number of nitrogens with zero attached hydrogens (tertiary/aromatic N) is 1. The van der Waals surface area contributed by atoms with Crippen molar-refractivity contribution in [1.82, 2.24) is 0 Å². The molecule has 0 saturated heterocycles. The Morgan fingerprint density at radius 2 is 2.23 bits per heavy atom. The van der Waals surface area contributed by atoms with Crippen LogP contribution in [0.3, 0.4) is 0 Å². The molecule has 70 valence electrons. The molecule has 0 aliphatic rings. The molecule has 1 rings (SSSR count). The van der Waals surface area contributed by atoms with Gasteiger partial charge in [0.2, 0.25) is 0 Å². The summed E-state index contributed by atoms with van der Waals surface area (Å²) in [6.45, 7) is 4.19. The van der Waals surface area contributed by atoms with E-state index in [1.807, 2.05) is 6.07 Å². The largest absolute Gasteiger partial charge is 1.00 e. The van der Waals surface area contributed by atoms with E-state index >= 15 is 0 Å². The van der Waals surface area contributed by atoms with E-state index in [1.54, 1.807) is 12.1 Å². The number of nitro benzene ring substituents is 1. The van der Waals surface area contributed by atoms with Crippen LogP contribution in [0.2, 0.25) is 0 Å². The standard InChI is InChI=1S/C10H13NO2/c1-8(2)6-9-4-3-5-10(7-9)11(12)13/h3-5,7-8H,6H2,1-2H3/p+1. The van der Waals surface area contributed by atoms with E-state index < -0.39 is 0 Å². The third-order valence-electron chi connectivity index (χ3n) is 1.77. The Morgan fingerprint density at radius 1 is 1.54 bits per heavy atom.